The molecule has 0 saturated carbocycles. The Morgan fingerprint density at radius 1 is 1.30 bits per heavy atom. The molecule has 0 amide bonds. The number of β-amino-alcohol motifs (C(OH)–C–C–N with tert-alkyl or cyclic N) is 1. The van der Waals surface area contributed by atoms with Gasteiger partial charge in [-0.3, -0.25) is 13.8 Å². The van der Waals surface area contributed by atoms with Crippen molar-refractivity contribution in [2.24, 2.45) is 0 Å². The van der Waals surface area contributed by atoms with Gasteiger partial charge in [-0.05, 0) is 34.6 Å². The van der Waals surface area contributed by atoms with Crippen LogP contribution in [0.3, 0.4) is 0 Å². The zero-order valence-corrected chi connectivity index (χ0v) is 13.5. The van der Waals surface area contributed by atoms with E-state index in [0.717, 1.165) is 4.67 Å². The van der Waals surface area contributed by atoms with Crippen LogP contribution in [0, 0.1) is 0 Å². The van der Waals surface area contributed by atoms with Crippen molar-refractivity contribution in [3.8, 4) is 0 Å². The Kier molecular flexibility index (Phi) is 5.38. The molecule has 1 rings (SSSR count). The number of hydrogen-bond donors (Lipinski definition) is 2. The Morgan fingerprint density at radius 3 is 2.10 bits per heavy atom. The summed E-state index contributed by atoms with van der Waals surface area (Å²) in [5.74, 6) is -1.16. The number of aliphatic hydroxyl groups is 1. The van der Waals surface area contributed by atoms with Crippen LogP contribution in [-0.2, 0) is 18.4 Å². The van der Waals surface area contributed by atoms with E-state index >= 15 is 0 Å². The third-order valence-corrected chi connectivity index (χ3v) is 5.60. The molecule has 2 atom stereocenters. The number of aliphatic hydroxyl groups excluding tert-OH is 1. The van der Waals surface area contributed by atoms with E-state index in [9.17, 15) is 19.6 Å². The predicted molar refractivity (Wildman–Crippen MR) is 73.4 cm³/mol. The van der Waals surface area contributed by atoms with E-state index in [0.29, 0.717) is 0 Å². The van der Waals surface area contributed by atoms with Crippen LogP contribution in [0.5, 0.6) is 0 Å². The third kappa shape index (κ3) is 3.59. The lowest BCUT2D eigenvalue weighted by atomic mass is 10.0. The highest BCUT2D eigenvalue weighted by Crippen LogP contribution is 2.59. The van der Waals surface area contributed by atoms with Crippen LogP contribution in [0.4, 0.5) is 0 Å². The Bertz CT molecular complexity index is 399. The van der Waals surface area contributed by atoms with Crippen molar-refractivity contribution in [2.75, 3.05) is 6.54 Å². The zero-order valence-electron chi connectivity index (χ0n) is 12.6. The summed E-state index contributed by atoms with van der Waals surface area (Å²) >= 11 is 0. The quantitative estimate of drug-likeness (QED) is 0.723. The van der Waals surface area contributed by atoms with Gasteiger partial charge in [-0.25, -0.2) is 4.57 Å². The van der Waals surface area contributed by atoms with Crippen LogP contribution >= 0.6 is 7.75 Å². The molecule has 7 nitrogen and oxygen atoms in total. The summed E-state index contributed by atoms with van der Waals surface area (Å²) < 4.78 is 25.0. The second-order valence-corrected chi connectivity index (χ2v) is 7.64. The van der Waals surface area contributed by atoms with E-state index in [1.165, 1.54) is 6.92 Å². The predicted octanol–water partition coefficient (Wildman–Crippen LogP) is 1.85. The van der Waals surface area contributed by atoms with Crippen LogP contribution in [0.1, 0.15) is 41.0 Å². The van der Waals surface area contributed by atoms with Gasteiger partial charge >= 0.3 is 13.7 Å². The Hall–Kier alpha value is -0.460. The van der Waals surface area contributed by atoms with Crippen molar-refractivity contribution >= 4 is 13.7 Å². The molecule has 2 N–H and O–H groups in total. The van der Waals surface area contributed by atoms with Crippen molar-refractivity contribution < 1.29 is 28.6 Å². The largest absolute Gasteiger partial charge is 0.480 e. The molecule has 1 fully saturated rings. The number of rotatable bonds is 6. The van der Waals surface area contributed by atoms with Crippen LogP contribution in [-0.4, -0.2) is 51.2 Å². The third-order valence-electron chi connectivity index (χ3n) is 3.03. The van der Waals surface area contributed by atoms with E-state index in [1.54, 1.807) is 27.7 Å². The first-order valence-electron chi connectivity index (χ1n) is 6.67. The van der Waals surface area contributed by atoms with Crippen LogP contribution in [0.15, 0.2) is 0 Å². The SMILES string of the molecule is CC(C)OP(=O)(OC(C)C)N1C[C@@H](O)C[C@]1(C)C(=O)O. The summed E-state index contributed by atoms with van der Waals surface area (Å²) in [6.07, 6.45) is -1.68. The van der Waals surface area contributed by atoms with Gasteiger partial charge in [-0.15, -0.1) is 0 Å². The smallest absolute Gasteiger partial charge is 0.409 e. The lowest BCUT2D eigenvalue weighted by Gasteiger charge is -2.37. The first kappa shape index (κ1) is 17.6. The molecule has 0 aliphatic carbocycles. The summed E-state index contributed by atoms with van der Waals surface area (Å²) in [7, 11) is -3.80. The number of carboxylic acids is 1. The molecule has 1 aliphatic heterocycles. The molecule has 1 heterocycles. The second kappa shape index (κ2) is 6.12. The summed E-state index contributed by atoms with van der Waals surface area (Å²) in [6.45, 7) is 8.15. The van der Waals surface area contributed by atoms with Crippen LogP contribution in [0.25, 0.3) is 0 Å². The highest BCUT2D eigenvalue weighted by molar-refractivity contribution is 7.51. The fraction of sp³-hybridized carbons (Fsp3) is 0.917. The van der Waals surface area contributed by atoms with E-state index in [-0.39, 0.29) is 13.0 Å². The average molecular weight is 309 g/mol. The number of nitrogens with zero attached hydrogens (tertiary/aromatic N) is 1. The molecule has 0 radical (unpaired) electrons. The monoisotopic (exact) mass is 309 g/mol. The van der Waals surface area contributed by atoms with Gasteiger partial charge in [-0.2, -0.15) is 4.67 Å². The Balaban J connectivity index is 3.18. The van der Waals surface area contributed by atoms with Gasteiger partial charge in [-0.1, -0.05) is 0 Å². The molecule has 1 aliphatic rings. The minimum Gasteiger partial charge on any atom is -0.480 e. The minimum atomic E-state index is -3.80. The van der Waals surface area contributed by atoms with Gasteiger partial charge in [0.05, 0.1) is 18.3 Å². The van der Waals surface area contributed by atoms with Gasteiger partial charge in [0.15, 0.2) is 0 Å². The molecule has 118 valence electrons. The molecule has 0 bridgehead atoms. The average Bonchev–Trinajstić information content (AvgIpc) is 2.53. The van der Waals surface area contributed by atoms with E-state index in [4.69, 9.17) is 9.05 Å². The highest BCUT2D eigenvalue weighted by Gasteiger charge is 2.56. The van der Waals surface area contributed by atoms with E-state index < -0.39 is 37.6 Å². The minimum absolute atomic E-state index is 0.0186. The first-order chi connectivity index (χ1) is 9.01. The normalized spacial score (nSPS) is 28.5. The molecule has 0 aromatic heterocycles. The molecule has 0 spiro atoms. The summed E-state index contributed by atoms with van der Waals surface area (Å²) in [5.41, 5.74) is -1.47. The molecule has 20 heavy (non-hydrogen) atoms. The summed E-state index contributed by atoms with van der Waals surface area (Å²) in [6, 6.07) is 0. The summed E-state index contributed by atoms with van der Waals surface area (Å²) in [4.78, 5) is 11.5. The molecule has 0 aromatic carbocycles. The maximum atomic E-state index is 13.0. The fourth-order valence-electron chi connectivity index (χ4n) is 2.27. The van der Waals surface area contributed by atoms with Gasteiger partial charge in [0.2, 0.25) is 0 Å². The molecular formula is C12H24NO6P. The first-order valence-corrected chi connectivity index (χ1v) is 8.17. The standard InChI is InChI=1S/C12H24NO6P/c1-8(2)18-20(17,19-9(3)4)13-7-10(14)6-12(13,5)11(15)16/h8-10,14H,6-7H2,1-5H3,(H,15,16)/t10-,12+/m0/s1. The second-order valence-electron chi connectivity index (χ2n) is 5.80. The lowest BCUT2D eigenvalue weighted by Crippen LogP contribution is -2.47. The highest BCUT2D eigenvalue weighted by atomic mass is 31.2. The summed E-state index contributed by atoms with van der Waals surface area (Å²) in [5, 5.41) is 19.2. The van der Waals surface area contributed by atoms with E-state index in [1.807, 2.05) is 0 Å². The van der Waals surface area contributed by atoms with E-state index in [2.05, 4.69) is 0 Å². The van der Waals surface area contributed by atoms with Crippen LogP contribution in [0.2, 0.25) is 0 Å². The van der Waals surface area contributed by atoms with Crippen molar-refractivity contribution in [2.45, 2.75) is 64.9 Å². The zero-order chi connectivity index (χ0) is 15.7. The van der Waals surface area contributed by atoms with Gasteiger partial charge in [0.1, 0.15) is 5.54 Å². The molecule has 1 saturated heterocycles. The lowest BCUT2D eigenvalue weighted by molar-refractivity contribution is -0.147. The molecule has 8 heteroatoms. The number of hydrogen-bond acceptors (Lipinski definition) is 5. The molecule has 0 unspecified atom stereocenters. The Labute approximate surface area is 119 Å². The van der Waals surface area contributed by atoms with Crippen molar-refractivity contribution in [3.05, 3.63) is 0 Å². The van der Waals surface area contributed by atoms with Crippen molar-refractivity contribution in [3.63, 3.8) is 0 Å². The molecular weight excluding hydrogens is 285 g/mol. The molecule has 0 aromatic rings. The van der Waals surface area contributed by atoms with Gasteiger partial charge in [0, 0.05) is 13.0 Å². The van der Waals surface area contributed by atoms with Crippen molar-refractivity contribution in [1.29, 1.82) is 0 Å². The van der Waals surface area contributed by atoms with Gasteiger partial charge < -0.3 is 10.2 Å². The van der Waals surface area contributed by atoms with Crippen molar-refractivity contribution in [1.82, 2.24) is 4.67 Å². The van der Waals surface area contributed by atoms with Crippen LogP contribution < -0.4 is 0 Å². The number of carboxylic acid groups (broad SMARTS) is 1. The fourth-order valence-corrected chi connectivity index (χ4v) is 4.71. The Morgan fingerprint density at radius 2 is 1.75 bits per heavy atom. The maximum absolute atomic E-state index is 13.0. The van der Waals surface area contributed by atoms with Gasteiger partial charge in [0.25, 0.3) is 0 Å². The maximum Gasteiger partial charge on any atom is 0.409 e. The number of aliphatic carboxylic acids is 1. The number of carbonyl (C=O) groups is 1. The topological polar surface area (TPSA) is 96.3 Å².